The Balaban J connectivity index is 1.43. The summed E-state index contributed by atoms with van der Waals surface area (Å²) in [5.74, 6) is -0.701. The number of ether oxygens (including phenoxy) is 1. The van der Waals surface area contributed by atoms with Gasteiger partial charge in [-0.1, -0.05) is 42.5 Å². The lowest BCUT2D eigenvalue weighted by Gasteiger charge is -2.25. The van der Waals surface area contributed by atoms with E-state index in [1.807, 2.05) is 6.92 Å². The SMILES string of the molecule is C[C@@H]1N[C@]2(C(=O)Nc3ccccc32)[C@@H]([N+](=O)[O-])[C@@H]1c1ccc(OCc2cccc(F)c2)cc1. The number of hydrogen-bond donors (Lipinski definition) is 2. The Kier molecular flexibility index (Phi) is 5.09. The van der Waals surface area contributed by atoms with Crippen LogP contribution in [0.4, 0.5) is 10.1 Å². The van der Waals surface area contributed by atoms with Crippen molar-refractivity contribution in [1.82, 2.24) is 5.32 Å². The van der Waals surface area contributed by atoms with Crippen LogP contribution in [0.15, 0.2) is 72.8 Å². The highest BCUT2D eigenvalue weighted by atomic mass is 19.1. The summed E-state index contributed by atoms with van der Waals surface area (Å²) in [6, 6.07) is 18.8. The van der Waals surface area contributed by atoms with Crippen LogP contribution in [0.2, 0.25) is 0 Å². The minimum absolute atomic E-state index is 0.204. The first kappa shape index (κ1) is 21.1. The predicted molar refractivity (Wildman–Crippen MR) is 120 cm³/mol. The highest BCUT2D eigenvalue weighted by molar-refractivity contribution is 6.07. The average Bonchev–Trinajstić information content (AvgIpc) is 3.27. The highest BCUT2D eigenvalue weighted by Crippen LogP contribution is 2.49. The van der Waals surface area contributed by atoms with E-state index in [4.69, 9.17) is 4.74 Å². The zero-order valence-electron chi connectivity index (χ0n) is 17.8. The lowest BCUT2D eigenvalue weighted by atomic mass is 9.78. The van der Waals surface area contributed by atoms with Gasteiger partial charge in [0.2, 0.25) is 0 Å². The van der Waals surface area contributed by atoms with Crippen LogP contribution in [0.5, 0.6) is 5.75 Å². The molecule has 1 saturated heterocycles. The van der Waals surface area contributed by atoms with Gasteiger partial charge in [0.15, 0.2) is 5.54 Å². The lowest BCUT2D eigenvalue weighted by Crippen LogP contribution is -2.54. The molecule has 5 rings (SSSR count). The molecule has 8 heteroatoms. The maximum atomic E-state index is 13.4. The highest BCUT2D eigenvalue weighted by Gasteiger charge is 2.67. The topological polar surface area (TPSA) is 93.5 Å². The first-order valence-electron chi connectivity index (χ1n) is 10.7. The Hall–Kier alpha value is -3.78. The van der Waals surface area contributed by atoms with E-state index in [2.05, 4.69) is 10.6 Å². The number of nitro groups is 1. The zero-order valence-corrected chi connectivity index (χ0v) is 17.8. The average molecular weight is 447 g/mol. The molecule has 7 nitrogen and oxygen atoms in total. The molecule has 4 atom stereocenters. The number of para-hydroxylation sites is 1. The monoisotopic (exact) mass is 447 g/mol. The van der Waals surface area contributed by atoms with Gasteiger partial charge in [-0.3, -0.25) is 20.2 Å². The van der Waals surface area contributed by atoms with Crippen molar-refractivity contribution in [3.63, 3.8) is 0 Å². The van der Waals surface area contributed by atoms with Crippen LogP contribution < -0.4 is 15.4 Å². The molecule has 0 unspecified atom stereocenters. The zero-order chi connectivity index (χ0) is 23.2. The first-order chi connectivity index (χ1) is 15.9. The first-order valence-corrected chi connectivity index (χ1v) is 10.7. The van der Waals surface area contributed by atoms with Gasteiger partial charge in [0, 0.05) is 22.2 Å². The molecule has 0 aliphatic carbocycles. The quantitative estimate of drug-likeness (QED) is 0.456. The van der Waals surface area contributed by atoms with E-state index in [9.17, 15) is 19.3 Å². The fourth-order valence-corrected chi connectivity index (χ4v) is 5.13. The lowest BCUT2D eigenvalue weighted by molar-refractivity contribution is -0.532. The molecular formula is C25H22FN3O4. The van der Waals surface area contributed by atoms with Crippen LogP contribution in [-0.4, -0.2) is 22.9 Å². The van der Waals surface area contributed by atoms with Gasteiger partial charge in [-0.15, -0.1) is 0 Å². The molecule has 0 bridgehead atoms. The van der Waals surface area contributed by atoms with Gasteiger partial charge in [-0.2, -0.15) is 0 Å². The Morgan fingerprint density at radius 2 is 1.85 bits per heavy atom. The fraction of sp³-hybridized carbons (Fsp3) is 0.240. The molecule has 33 heavy (non-hydrogen) atoms. The minimum Gasteiger partial charge on any atom is -0.489 e. The number of fused-ring (bicyclic) bond motifs is 2. The third-order valence-corrected chi connectivity index (χ3v) is 6.52. The van der Waals surface area contributed by atoms with Crippen LogP contribution in [0.3, 0.4) is 0 Å². The second-order valence-corrected chi connectivity index (χ2v) is 8.48. The van der Waals surface area contributed by atoms with E-state index in [0.717, 1.165) is 5.56 Å². The van der Waals surface area contributed by atoms with E-state index < -0.39 is 23.4 Å². The number of hydrogen-bond acceptors (Lipinski definition) is 5. The second kappa shape index (κ2) is 7.97. The Morgan fingerprint density at radius 1 is 1.09 bits per heavy atom. The standard InChI is InChI=1S/C25H22FN3O4/c1-15-22(17-9-11-19(12-10-17)33-14-16-5-4-6-18(26)13-16)23(29(31)32)25(28-15)20-7-2-3-8-21(20)27-24(25)30/h2-13,15,22-23,28H,14H2,1H3,(H,27,30)/t15-,22-,23-,25-/m0/s1. The Morgan fingerprint density at radius 3 is 2.58 bits per heavy atom. The number of halogens is 1. The van der Waals surface area contributed by atoms with Gasteiger partial charge >= 0.3 is 0 Å². The van der Waals surface area contributed by atoms with E-state index in [0.29, 0.717) is 22.6 Å². The predicted octanol–water partition coefficient (Wildman–Crippen LogP) is 3.97. The van der Waals surface area contributed by atoms with Gasteiger partial charge in [0.05, 0.1) is 5.92 Å². The Bertz CT molecular complexity index is 1230. The summed E-state index contributed by atoms with van der Waals surface area (Å²) in [5.41, 5.74) is 1.20. The summed E-state index contributed by atoms with van der Waals surface area (Å²) < 4.78 is 19.1. The molecule has 3 aromatic rings. The molecule has 2 aliphatic rings. The molecule has 2 heterocycles. The molecular weight excluding hydrogens is 425 g/mol. The normalized spacial score (nSPS) is 25.6. The molecule has 168 valence electrons. The van der Waals surface area contributed by atoms with Crippen molar-refractivity contribution in [2.24, 2.45) is 0 Å². The molecule has 0 saturated carbocycles. The summed E-state index contributed by atoms with van der Waals surface area (Å²) in [5, 5.41) is 18.4. The number of nitrogens with zero attached hydrogens (tertiary/aromatic N) is 1. The van der Waals surface area contributed by atoms with Crippen molar-refractivity contribution in [3.8, 4) is 5.75 Å². The van der Waals surface area contributed by atoms with Crippen molar-refractivity contribution in [2.75, 3.05) is 5.32 Å². The van der Waals surface area contributed by atoms with Crippen LogP contribution in [0.25, 0.3) is 0 Å². The van der Waals surface area contributed by atoms with Gasteiger partial charge in [0.25, 0.3) is 11.9 Å². The molecule has 0 aromatic heterocycles. The number of benzene rings is 3. The molecule has 1 fully saturated rings. The Labute approximate surface area is 189 Å². The number of carbonyl (C=O) groups excluding carboxylic acids is 1. The smallest absolute Gasteiger partial charge is 0.256 e. The van der Waals surface area contributed by atoms with E-state index >= 15 is 0 Å². The van der Waals surface area contributed by atoms with Gasteiger partial charge in [-0.05, 0) is 48.4 Å². The van der Waals surface area contributed by atoms with Gasteiger partial charge in [-0.25, -0.2) is 4.39 Å². The third-order valence-electron chi connectivity index (χ3n) is 6.52. The number of rotatable bonds is 5. The number of amides is 1. The second-order valence-electron chi connectivity index (χ2n) is 8.48. The minimum atomic E-state index is -1.43. The number of carbonyl (C=O) groups is 1. The van der Waals surface area contributed by atoms with Crippen LogP contribution in [0.1, 0.15) is 29.5 Å². The van der Waals surface area contributed by atoms with Crippen LogP contribution in [0, 0.1) is 15.9 Å². The fourth-order valence-electron chi connectivity index (χ4n) is 5.13. The summed E-state index contributed by atoms with van der Waals surface area (Å²) in [4.78, 5) is 25.0. The van der Waals surface area contributed by atoms with Crippen molar-refractivity contribution >= 4 is 11.6 Å². The summed E-state index contributed by atoms with van der Waals surface area (Å²) in [6.45, 7) is 2.06. The van der Waals surface area contributed by atoms with E-state index in [1.54, 1.807) is 60.7 Å². The molecule has 0 radical (unpaired) electrons. The van der Waals surface area contributed by atoms with Crippen molar-refractivity contribution < 1.29 is 18.8 Å². The largest absolute Gasteiger partial charge is 0.489 e. The molecule has 1 amide bonds. The molecule has 1 spiro atoms. The van der Waals surface area contributed by atoms with Crippen molar-refractivity contribution in [2.45, 2.75) is 37.1 Å². The van der Waals surface area contributed by atoms with Gasteiger partial charge in [0.1, 0.15) is 18.2 Å². The molecule has 2 N–H and O–H groups in total. The number of anilines is 1. The molecule has 3 aromatic carbocycles. The number of nitrogens with one attached hydrogen (secondary N) is 2. The van der Waals surface area contributed by atoms with E-state index in [1.165, 1.54) is 12.1 Å². The van der Waals surface area contributed by atoms with Crippen LogP contribution in [-0.2, 0) is 16.9 Å². The van der Waals surface area contributed by atoms with E-state index in [-0.39, 0.29) is 23.4 Å². The summed E-state index contributed by atoms with van der Waals surface area (Å²) in [6.07, 6.45) is 0. The maximum Gasteiger partial charge on any atom is 0.256 e. The van der Waals surface area contributed by atoms with Crippen LogP contribution >= 0.6 is 0 Å². The van der Waals surface area contributed by atoms with Gasteiger partial charge < -0.3 is 10.1 Å². The summed E-state index contributed by atoms with van der Waals surface area (Å²) in [7, 11) is 0. The summed E-state index contributed by atoms with van der Waals surface area (Å²) >= 11 is 0. The van der Waals surface area contributed by atoms with Crippen molar-refractivity contribution in [1.29, 1.82) is 0 Å². The molecule has 2 aliphatic heterocycles. The third kappa shape index (κ3) is 3.43. The maximum absolute atomic E-state index is 13.4. The van der Waals surface area contributed by atoms with Crippen molar-refractivity contribution in [3.05, 3.63) is 105 Å².